The van der Waals surface area contributed by atoms with Crippen molar-refractivity contribution in [3.05, 3.63) is 75.5 Å². The molecule has 4 aromatic rings. The number of nitrogens with one attached hydrogen (secondary N) is 1. The molecule has 7 nitrogen and oxygen atoms in total. The fourth-order valence-corrected chi connectivity index (χ4v) is 4.92. The van der Waals surface area contributed by atoms with E-state index >= 15 is 0 Å². The Morgan fingerprint density at radius 1 is 1.19 bits per heavy atom. The zero-order chi connectivity index (χ0) is 21.5. The Balaban J connectivity index is 1.47. The minimum Gasteiger partial charge on any atom is -0.308 e. The van der Waals surface area contributed by atoms with Crippen molar-refractivity contribution in [3.63, 3.8) is 0 Å². The highest BCUT2D eigenvalue weighted by molar-refractivity contribution is 7.99. The number of amides is 1. The zero-order valence-electron chi connectivity index (χ0n) is 16.6. The van der Waals surface area contributed by atoms with Crippen molar-refractivity contribution in [2.75, 3.05) is 10.7 Å². The number of aromatic amines is 1. The molecule has 1 atom stereocenters. The maximum Gasteiger partial charge on any atom is 0.266 e. The lowest BCUT2D eigenvalue weighted by Crippen LogP contribution is -2.37. The van der Waals surface area contributed by atoms with Gasteiger partial charge in [0.2, 0.25) is 5.91 Å². The summed E-state index contributed by atoms with van der Waals surface area (Å²) in [7, 11) is 0. The van der Waals surface area contributed by atoms with E-state index in [9.17, 15) is 9.59 Å². The molecule has 0 aliphatic carbocycles. The summed E-state index contributed by atoms with van der Waals surface area (Å²) < 4.78 is 1.50. The number of benzene rings is 2. The molecule has 1 N–H and O–H groups in total. The second-order valence-corrected chi connectivity index (χ2v) is 8.71. The lowest BCUT2D eigenvalue weighted by atomic mass is 10.1. The molecule has 31 heavy (non-hydrogen) atoms. The Bertz CT molecular complexity index is 1370. The third kappa shape index (κ3) is 3.62. The van der Waals surface area contributed by atoms with Crippen molar-refractivity contribution < 1.29 is 4.79 Å². The summed E-state index contributed by atoms with van der Waals surface area (Å²) in [6.45, 7) is 2.05. The zero-order valence-corrected chi connectivity index (χ0v) is 18.2. The molecule has 1 aliphatic rings. The number of hydrogen-bond acceptors (Lipinski definition) is 5. The molecule has 0 fully saturated rings. The van der Waals surface area contributed by atoms with Crippen LogP contribution in [0, 0.1) is 0 Å². The fraction of sp³-hybridized carbons (Fsp3) is 0.182. The number of nitrogens with zero attached hydrogens (tertiary/aromatic N) is 4. The predicted molar refractivity (Wildman–Crippen MR) is 122 cm³/mol. The van der Waals surface area contributed by atoms with E-state index in [0.29, 0.717) is 27.2 Å². The van der Waals surface area contributed by atoms with E-state index in [-0.39, 0.29) is 23.3 Å². The normalized spacial score (nSPS) is 15.4. The number of anilines is 1. The number of thioether (sulfide) groups is 1. The highest BCUT2D eigenvalue weighted by atomic mass is 35.5. The predicted octanol–water partition coefficient (Wildman–Crippen LogP) is 3.81. The molecule has 1 unspecified atom stereocenters. The average molecular weight is 452 g/mol. The Labute approximate surface area is 187 Å². The SMILES string of the molecule is CC1Cc2ccccc2N1C(=O)CSc1nc(-c2ccccc2Cl)nc2cc(=O)[nH]n12. The fourth-order valence-electron chi connectivity index (χ4n) is 3.88. The highest BCUT2D eigenvalue weighted by Gasteiger charge is 2.30. The van der Waals surface area contributed by atoms with E-state index in [1.165, 1.54) is 27.9 Å². The van der Waals surface area contributed by atoms with Crippen molar-refractivity contribution in [2.45, 2.75) is 24.5 Å². The average Bonchev–Trinajstić information content (AvgIpc) is 3.30. The van der Waals surface area contributed by atoms with E-state index < -0.39 is 0 Å². The van der Waals surface area contributed by atoms with Crippen LogP contribution in [-0.4, -0.2) is 37.3 Å². The van der Waals surface area contributed by atoms with Gasteiger partial charge < -0.3 is 4.90 Å². The summed E-state index contributed by atoms with van der Waals surface area (Å²) in [5.41, 5.74) is 2.93. The minimum atomic E-state index is -0.291. The van der Waals surface area contributed by atoms with Crippen LogP contribution >= 0.6 is 23.4 Å². The van der Waals surface area contributed by atoms with Crippen LogP contribution in [0.3, 0.4) is 0 Å². The first kappa shape index (κ1) is 19.8. The summed E-state index contributed by atoms with van der Waals surface area (Å²) in [5.74, 6) is 0.565. The third-order valence-corrected chi connectivity index (χ3v) is 6.49. The Morgan fingerprint density at radius 3 is 2.81 bits per heavy atom. The number of carbonyl (C=O) groups excluding carboxylic acids is 1. The molecule has 1 amide bonds. The van der Waals surface area contributed by atoms with Gasteiger partial charge in [0, 0.05) is 23.4 Å². The number of fused-ring (bicyclic) bond motifs is 2. The van der Waals surface area contributed by atoms with Crippen molar-refractivity contribution in [1.82, 2.24) is 19.6 Å². The van der Waals surface area contributed by atoms with Crippen LogP contribution in [0.4, 0.5) is 5.69 Å². The maximum absolute atomic E-state index is 13.1. The molecule has 1 aliphatic heterocycles. The Kier molecular flexibility index (Phi) is 5.03. The van der Waals surface area contributed by atoms with E-state index in [1.807, 2.05) is 48.2 Å². The van der Waals surface area contributed by atoms with E-state index in [2.05, 4.69) is 21.1 Å². The van der Waals surface area contributed by atoms with Gasteiger partial charge in [-0.3, -0.25) is 14.7 Å². The summed E-state index contributed by atoms with van der Waals surface area (Å²) in [5, 5.41) is 3.68. The van der Waals surface area contributed by atoms with Crippen LogP contribution < -0.4 is 10.5 Å². The van der Waals surface area contributed by atoms with Crippen molar-refractivity contribution in [2.24, 2.45) is 0 Å². The van der Waals surface area contributed by atoms with Gasteiger partial charge in [0.15, 0.2) is 16.6 Å². The summed E-state index contributed by atoms with van der Waals surface area (Å²) >= 11 is 7.58. The van der Waals surface area contributed by atoms with Gasteiger partial charge in [0.1, 0.15) is 0 Å². The second-order valence-electron chi connectivity index (χ2n) is 7.36. The molecule has 156 valence electrons. The monoisotopic (exact) mass is 451 g/mol. The molecule has 0 saturated carbocycles. The topological polar surface area (TPSA) is 83.4 Å². The molecule has 2 aromatic carbocycles. The van der Waals surface area contributed by atoms with E-state index in [0.717, 1.165) is 12.1 Å². The number of carbonyl (C=O) groups is 1. The molecule has 9 heteroatoms. The van der Waals surface area contributed by atoms with Crippen LogP contribution in [-0.2, 0) is 11.2 Å². The van der Waals surface area contributed by atoms with Crippen molar-refractivity contribution in [3.8, 4) is 11.4 Å². The van der Waals surface area contributed by atoms with Gasteiger partial charge in [-0.05, 0) is 37.1 Å². The largest absolute Gasteiger partial charge is 0.308 e. The summed E-state index contributed by atoms with van der Waals surface area (Å²) in [4.78, 5) is 35.9. The molecule has 0 spiro atoms. The lowest BCUT2D eigenvalue weighted by Gasteiger charge is -2.22. The second kappa shape index (κ2) is 7.86. The van der Waals surface area contributed by atoms with Crippen molar-refractivity contribution in [1.29, 1.82) is 0 Å². The molecule has 0 bridgehead atoms. The molecular formula is C22H18ClN5O2S. The number of hydrogen-bond donors (Lipinski definition) is 1. The first-order valence-corrected chi connectivity index (χ1v) is 11.1. The maximum atomic E-state index is 13.1. The lowest BCUT2D eigenvalue weighted by molar-refractivity contribution is -0.116. The van der Waals surface area contributed by atoms with E-state index in [1.54, 1.807) is 6.07 Å². The van der Waals surface area contributed by atoms with Gasteiger partial charge in [-0.25, -0.2) is 14.5 Å². The molecule has 0 saturated heterocycles. The van der Waals surface area contributed by atoms with Crippen LogP contribution in [0.5, 0.6) is 0 Å². The number of H-pyrrole nitrogens is 1. The summed E-state index contributed by atoms with van der Waals surface area (Å²) in [6.07, 6.45) is 0.839. The number of halogens is 1. The quantitative estimate of drug-likeness (QED) is 0.477. The third-order valence-electron chi connectivity index (χ3n) is 5.24. The van der Waals surface area contributed by atoms with Gasteiger partial charge in [-0.1, -0.05) is 53.7 Å². The van der Waals surface area contributed by atoms with Gasteiger partial charge in [-0.2, -0.15) is 0 Å². The van der Waals surface area contributed by atoms with Crippen molar-refractivity contribution >= 4 is 40.6 Å². The standard InChI is InChI=1S/C22H18ClN5O2S/c1-13-10-14-6-2-5-9-17(14)27(13)20(30)12-31-22-25-21(15-7-3-4-8-16(15)23)24-18-11-19(29)26-28(18)22/h2-9,11,13H,10,12H2,1H3,(H,26,29). The first-order valence-electron chi connectivity index (χ1n) is 9.79. The molecule has 0 radical (unpaired) electrons. The van der Waals surface area contributed by atoms with Crippen LogP contribution in [0.25, 0.3) is 17.0 Å². The summed E-state index contributed by atoms with van der Waals surface area (Å²) in [6, 6.07) is 16.7. The van der Waals surface area contributed by atoms with Gasteiger partial charge in [-0.15, -0.1) is 0 Å². The number of rotatable bonds is 4. The molecular weight excluding hydrogens is 434 g/mol. The van der Waals surface area contributed by atoms with Gasteiger partial charge >= 0.3 is 0 Å². The first-order chi connectivity index (χ1) is 15.0. The van der Waals surface area contributed by atoms with Crippen LogP contribution in [0.2, 0.25) is 5.02 Å². The van der Waals surface area contributed by atoms with Gasteiger partial charge in [0.25, 0.3) is 5.56 Å². The Morgan fingerprint density at radius 2 is 1.97 bits per heavy atom. The highest BCUT2D eigenvalue weighted by Crippen LogP contribution is 2.33. The number of aromatic nitrogens is 4. The molecule has 5 rings (SSSR count). The van der Waals surface area contributed by atoms with Crippen LogP contribution in [0.1, 0.15) is 12.5 Å². The molecule has 2 aromatic heterocycles. The number of para-hydroxylation sites is 1. The minimum absolute atomic E-state index is 0.0111. The van der Waals surface area contributed by atoms with Gasteiger partial charge in [0.05, 0.1) is 10.8 Å². The smallest absolute Gasteiger partial charge is 0.266 e. The molecule has 3 heterocycles. The van der Waals surface area contributed by atoms with Crippen LogP contribution in [0.15, 0.2) is 64.5 Å². The van der Waals surface area contributed by atoms with E-state index in [4.69, 9.17) is 11.6 Å². The Hall–Kier alpha value is -3.10.